The van der Waals surface area contributed by atoms with Crippen LogP contribution in [0.2, 0.25) is 0 Å². The molecule has 5 aliphatic rings. The lowest BCUT2D eigenvalue weighted by molar-refractivity contribution is -0.224. The lowest BCUT2D eigenvalue weighted by Gasteiger charge is -2.67. The highest BCUT2D eigenvalue weighted by atomic mass is 16.4. The van der Waals surface area contributed by atoms with Gasteiger partial charge >= 0.3 is 11.9 Å². The molecule has 0 bridgehead atoms. The first-order chi connectivity index (χ1) is 16.6. The molecule has 0 aromatic heterocycles. The number of fused-ring (bicyclic) bond motifs is 6. The normalized spacial score (nSPS) is 51.9. The molecule has 0 radical (unpaired) electrons. The van der Waals surface area contributed by atoms with Crippen molar-refractivity contribution < 1.29 is 35.1 Å². The highest BCUT2D eigenvalue weighted by molar-refractivity contribution is 5.78. The van der Waals surface area contributed by atoms with Crippen molar-refractivity contribution in [3.63, 3.8) is 0 Å². The molecule has 3 saturated carbocycles. The topological polar surface area (TPSA) is 135 Å². The zero-order chi connectivity index (χ0) is 26.6. The van der Waals surface area contributed by atoms with E-state index in [1.165, 1.54) is 11.1 Å². The predicted molar refractivity (Wildman–Crippen MR) is 133 cm³/mol. The molecule has 5 N–H and O–H groups in total. The molecule has 0 aliphatic heterocycles. The quantitative estimate of drug-likeness (QED) is 0.359. The number of allylic oxidation sites excluding steroid dienone is 2. The van der Waals surface area contributed by atoms with Gasteiger partial charge < -0.3 is 25.5 Å². The molecule has 10 atom stereocenters. The maximum atomic E-state index is 12.7. The van der Waals surface area contributed by atoms with Gasteiger partial charge in [-0.3, -0.25) is 9.59 Å². The zero-order valence-corrected chi connectivity index (χ0v) is 22.4. The van der Waals surface area contributed by atoms with Gasteiger partial charge in [-0.15, -0.1) is 0 Å². The molecule has 0 aromatic carbocycles. The number of aliphatic hydroxyl groups excluding tert-OH is 3. The molecule has 36 heavy (non-hydrogen) atoms. The van der Waals surface area contributed by atoms with E-state index >= 15 is 0 Å². The average molecular weight is 505 g/mol. The number of carboxylic acids is 2. The lowest BCUT2D eigenvalue weighted by Crippen LogP contribution is -2.66. The summed E-state index contributed by atoms with van der Waals surface area (Å²) in [6.45, 7) is 10.3. The van der Waals surface area contributed by atoms with Crippen LogP contribution in [-0.4, -0.2) is 55.8 Å². The smallest absolute Gasteiger partial charge is 0.312 e. The molecule has 0 aromatic rings. The summed E-state index contributed by atoms with van der Waals surface area (Å²) >= 11 is 0. The molecule has 0 spiro atoms. The van der Waals surface area contributed by atoms with E-state index in [0.717, 1.165) is 25.7 Å². The molecule has 3 fully saturated rings. The Balaban J connectivity index is 1.60. The van der Waals surface area contributed by atoms with Crippen LogP contribution < -0.4 is 0 Å². The van der Waals surface area contributed by atoms with Gasteiger partial charge in [-0.25, -0.2) is 0 Å². The Morgan fingerprint density at radius 1 is 0.806 bits per heavy atom. The van der Waals surface area contributed by atoms with Gasteiger partial charge in [-0.05, 0) is 98.7 Å². The average Bonchev–Trinajstić information content (AvgIpc) is 2.76. The third-order valence-corrected chi connectivity index (χ3v) is 12.2. The van der Waals surface area contributed by atoms with Crippen LogP contribution in [0.4, 0.5) is 0 Å². The molecule has 0 heterocycles. The van der Waals surface area contributed by atoms with Crippen molar-refractivity contribution in [1.29, 1.82) is 0 Å². The minimum atomic E-state index is -1.41. The second-order valence-electron chi connectivity index (χ2n) is 14.4. The highest BCUT2D eigenvalue weighted by Gasteiger charge is 2.69. The molecule has 7 heteroatoms. The first-order valence-electron chi connectivity index (χ1n) is 13.8. The molecular weight excluding hydrogens is 460 g/mol. The first kappa shape index (κ1) is 26.2. The van der Waals surface area contributed by atoms with Gasteiger partial charge in [-0.1, -0.05) is 38.8 Å². The van der Waals surface area contributed by atoms with E-state index in [-0.39, 0.29) is 28.6 Å². The number of hydrogen-bond acceptors (Lipinski definition) is 5. The van der Waals surface area contributed by atoms with Crippen molar-refractivity contribution in [3.05, 3.63) is 11.1 Å². The number of aliphatic carboxylic acids is 2. The predicted octanol–water partition coefficient (Wildman–Crippen LogP) is 3.99. The largest absolute Gasteiger partial charge is 0.481 e. The summed E-state index contributed by atoms with van der Waals surface area (Å²) in [6.07, 6.45) is 2.43. The highest BCUT2D eigenvalue weighted by Crippen LogP contribution is 2.71. The standard InChI is InChI=1S/C29H44O7/c1-25(2)12-17-15-6-7-19-26(3,16(15)8-11-29(17,24(35)36)21(31)14-25)10-9-20-27(19,4)13-18(30)22(32)28(20,5)23(33)34/h17-22,30-32H,6-14H2,1-5H3,(H,33,34)(H,35,36)/t17-,18-,19-,20-,21+,22-,26-,27+,28-,29-/m0/s1. The lowest BCUT2D eigenvalue weighted by atomic mass is 9.37. The van der Waals surface area contributed by atoms with Crippen LogP contribution in [0.5, 0.6) is 0 Å². The molecule has 7 nitrogen and oxygen atoms in total. The summed E-state index contributed by atoms with van der Waals surface area (Å²) in [7, 11) is 0. The van der Waals surface area contributed by atoms with E-state index < -0.39 is 46.5 Å². The van der Waals surface area contributed by atoms with Gasteiger partial charge in [0.05, 0.1) is 23.7 Å². The second-order valence-corrected chi connectivity index (χ2v) is 14.4. The van der Waals surface area contributed by atoms with Crippen molar-refractivity contribution in [2.45, 2.75) is 111 Å². The van der Waals surface area contributed by atoms with Crippen molar-refractivity contribution >= 4 is 11.9 Å². The number of hydrogen-bond donors (Lipinski definition) is 5. The molecule has 5 rings (SSSR count). The Hall–Kier alpha value is -1.44. The maximum Gasteiger partial charge on any atom is 0.312 e. The number of rotatable bonds is 2. The molecule has 5 aliphatic carbocycles. The maximum absolute atomic E-state index is 12.7. The van der Waals surface area contributed by atoms with Crippen LogP contribution in [0.25, 0.3) is 0 Å². The van der Waals surface area contributed by atoms with Crippen LogP contribution >= 0.6 is 0 Å². The molecule has 202 valence electrons. The molecular formula is C29H44O7. The van der Waals surface area contributed by atoms with Gasteiger partial charge in [0, 0.05) is 0 Å². The van der Waals surface area contributed by atoms with Gasteiger partial charge in [0.25, 0.3) is 0 Å². The van der Waals surface area contributed by atoms with Gasteiger partial charge in [0.1, 0.15) is 5.41 Å². The van der Waals surface area contributed by atoms with Crippen LogP contribution in [0.1, 0.15) is 92.4 Å². The van der Waals surface area contributed by atoms with Crippen LogP contribution in [0.15, 0.2) is 11.1 Å². The summed E-state index contributed by atoms with van der Waals surface area (Å²) in [6, 6.07) is 0. The second kappa shape index (κ2) is 7.79. The third-order valence-electron chi connectivity index (χ3n) is 12.2. The van der Waals surface area contributed by atoms with E-state index in [1.54, 1.807) is 6.92 Å². The Bertz CT molecular complexity index is 1020. The summed E-state index contributed by atoms with van der Waals surface area (Å²) in [4.78, 5) is 25.2. The van der Waals surface area contributed by atoms with Gasteiger partial charge in [0.2, 0.25) is 0 Å². The van der Waals surface area contributed by atoms with Crippen molar-refractivity contribution in [1.82, 2.24) is 0 Å². The van der Waals surface area contributed by atoms with E-state index in [4.69, 9.17) is 0 Å². The number of aliphatic hydroxyl groups is 3. The monoisotopic (exact) mass is 504 g/mol. The minimum Gasteiger partial charge on any atom is -0.481 e. The van der Waals surface area contributed by atoms with E-state index in [1.807, 2.05) is 0 Å². The van der Waals surface area contributed by atoms with Crippen LogP contribution in [-0.2, 0) is 9.59 Å². The molecule has 0 saturated heterocycles. The Morgan fingerprint density at radius 3 is 2.08 bits per heavy atom. The minimum absolute atomic E-state index is 0.141. The fourth-order valence-corrected chi connectivity index (χ4v) is 10.6. The Labute approximate surface area is 214 Å². The number of carboxylic acid groups (broad SMARTS) is 2. The molecule has 0 unspecified atom stereocenters. The van der Waals surface area contributed by atoms with E-state index in [2.05, 4.69) is 27.7 Å². The SMILES string of the molecule is CC1(C)C[C@@H](O)[C@]2(C(=O)O)CCC3=C(CC[C@@H]4[C@@]5(C)C[C@H](O)[C@H](O)[C@@](C)(C(=O)O)[C@H]5CC[C@@]34C)[C@@H]2C1. The van der Waals surface area contributed by atoms with Crippen LogP contribution in [0.3, 0.4) is 0 Å². The Morgan fingerprint density at radius 2 is 1.47 bits per heavy atom. The van der Waals surface area contributed by atoms with E-state index in [9.17, 15) is 35.1 Å². The van der Waals surface area contributed by atoms with Gasteiger partial charge in [0.15, 0.2) is 0 Å². The number of carbonyl (C=O) groups is 2. The fourth-order valence-electron chi connectivity index (χ4n) is 10.6. The summed E-state index contributed by atoms with van der Waals surface area (Å²) in [5.74, 6) is -2.23. The fraction of sp³-hybridized carbons (Fsp3) is 0.862. The third kappa shape index (κ3) is 3.08. The summed E-state index contributed by atoms with van der Waals surface area (Å²) < 4.78 is 0. The molecule has 0 amide bonds. The Kier molecular flexibility index (Phi) is 5.67. The van der Waals surface area contributed by atoms with Crippen molar-refractivity contribution in [2.75, 3.05) is 0 Å². The van der Waals surface area contributed by atoms with Gasteiger partial charge in [-0.2, -0.15) is 0 Å². The van der Waals surface area contributed by atoms with Crippen LogP contribution in [0, 0.1) is 44.8 Å². The van der Waals surface area contributed by atoms with Crippen molar-refractivity contribution in [2.24, 2.45) is 44.8 Å². The summed E-state index contributed by atoms with van der Waals surface area (Å²) in [5.41, 5.74) is -0.790. The van der Waals surface area contributed by atoms with Crippen molar-refractivity contribution in [3.8, 4) is 0 Å². The summed E-state index contributed by atoms with van der Waals surface area (Å²) in [5, 5.41) is 53.6. The zero-order valence-electron chi connectivity index (χ0n) is 22.4. The first-order valence-corrected chi connectivity index (χ1v) is 13.8. The van der Waals surface area contributed by atoms with E-state index in [0.29, 0.717) is 32.1 Å².